The Morgan fingerprint density at radius 3 is 1.94 bits per heavy atom. The third kappa shape index (κ3) is 6.34. The van der Waals surface area contributed by atoms with Crippen molar-refractivity contribution < 1.29 is 28.6 Å². The van der Waals surface area contributed by atoms with Crippen LogP contribution in [0.15, 0.2) is 11.3 Å². The molecule has 6 heteroatoms. The molecule has 0 fully saturated rings. The molecule has 0 N–H and O–H groups in total. The van der Waals surface area contributed by atoms with E-state index in [2.05, 4.69) is 0 Å². The van der Waals surface area contributed by atoms with E-state index in [1.165, 1.54) is 20.8 Å². The summed E-state index contributed by atoms with van der Waals surface area (Å²) in [6, 6.07) is 0. The van der Waals surface area contributed by atoms with Crippen LogP contribution < -0.4 is 0 Å². The largest absolute Gasteiger partial charge is 0.461 e. The quantitative estimate of drug-likeness (QED) is 0.310. The smallest absolute Gasteiger partial charge is 0.374 e. The fourth-order valence-electron chi connectivity index (χ4n) is 0.919. The van der Waals surface area contributed by atoms with Crippen LogP contribution >= 0.6 is 0 Å². The van der Waals surface area contributed by atoms with Gasteiger partial charge in [0.2, 0.25) is 5.76 Å². The summed E-state index contributed by atoms with van der Waals surface area (Å²) < 4.78 is 14.2. The number of ether oxygens (including phenoxy) is 3. The van der Waals surface area contributed by atoms with Gasteiger partial charge in [0.25, 0.3) is 0 Å². The molecule has 0 radical (unpaired) electrons. The lowest BCUT2D eigenvalue weighted by Crippen LogP contribution is -2.17. The van der Waals surface area contributed by atoms with Gasteiger partial charge in [0.05, 0.1) is 6.61 Å². The van der Waals surface area contributed by atoms with E-state index in [0.29, 0.717) is 5.57 Å². The lowest BCUT2D eigenvalue weighted by atomic mass is 10.2. The van der Waals surface area contributed by atoms with Gasteiger partial charge in [-0.3, -0.25) is 9.59 Å². The van der Waals surface area contributed by atoms with E-state index in [0.717, 1.165) is 0 Å². The van der Waals surface area contributed by atoms with Gasteiger partial charge in [-0.2, -0.15) is 0 Å². The van der Waals surface area contributed by atoms with Gasteiger partial charge >= 0.3 is 17.9 Å². The standard InChI is InChI=1S/C11H16O6/c1-5-15-11(14)10(17-9(4)13)7(2)6-16-8(3)12/h5-6H2,1-4H3. The minimum atomic E-state index is -0.757. The highest BCUT2D eigenvalue weighted by Gasteiger charge is 2.18. The Balaban J connectivity index is 4.85. The lowest BCUT2D eigenvalue weighted by Gasteiger charge is -2.10. The first-order valence-electron chi connectivity index (χ1n) is 5.07. The molecule has 0 saturated heterocycles. The summed E-state index contributed by atoms with van der Waals surface area (Å²) in [6.07, 6.45) is 0. The second-order valence-corrected chi connectivity index (χ2v) is 3.20. The van der Waals surface area contributed by atoms with Crippen molar-refractivity contribution in [1.82, 2.24) is 0 Å². The third-order valence-electron chi connectivity index (χ3n) is 1.59. The molecule has 0 spiro atoms. The Hall–Kier alpha value is -1.85. The summed E-state index contributed by atoms with van der Waals surface area (Å²) in [4.78, 5) is 32.9. The minimum absolute atomic E-state index is 0.128. The summed E-state index contributed by atoms with van der Waals surface area (Å²) >= 11 is 0. The van der Waals surface area contributed by atoms with E-state index >= 15 is 0 Å². The Labute approximate surface area is 99.5 Å². The minimum Gasteiger partial charge on any atom is -0.461 e. The van der Waals surface area contributed by atoms with Crippen molar-refractivity contribution in [3.63, 3.8) is 0 Å². The summed E-state index contributed by atoms with van der Waals surface area (Å²) in [5.74, 6) is -2.13. The van der Waals surface area contributed by atoms with E-state index < -0.39 is 17.9 Å². The number of hydrogen-bond acceptors (Lipinski definition) is 6. The average molecular weight is 244 g/mol. The average Bonchev–Trinajstić information content (AvgIpc) is 2.22. The number of rotatable bonds is 5. The fraction of sp³-hybridized carbons (Fsp3) is 0.545. The summed E-state index contributed by atoms with van der Waals surface area (Å²) in [5, 5.41) is 0. The topological polar surface area (TPSA) is 78.9 Å². The molecule has 0 rings (SSSR count). The SMILES string of the molecule is CCOC(=O)C(OC(C)=O)=C(C)COC(C)=O. The van der Waals surface area contributed by atoms with Crippen LogP contribution in [0.1, 0.15) is 27.7 Å². The number of carbonyl (C=O) groups is 3. The second-order valence-electron chi connectivity index (χ2n) is 3.20. The number of hydrogen-bond donors (Lipinski definition) is 0. The fourth-order valence-corrected chi connectivity index (χ4v) is 0.919. The zero-order valence-electron chi connectivity index (χ0n) is 10.4. The molecule has 0 bridgehead atoms. The molecule has 17 heavy (non-hydrogen) atoms. The van der Waals surface area contributed by atoms with E-state index in [4.69, 9.17) is 14.2 Å². The summed E-state index contributed by atoms with van der Waals surface area (Å²) in [6.45, 7) is 5.57. The van der Waals surface area contributed by atoms with E-state index in [1.54, 1.807) is 6.92 Å². The lowest BCUT2D eigenvalue weighted by molar-refractivity contribution is -0.150. The summed E-state index contributed by atoms with van der Waals surface area (Å²) in [7, 11) is 0. The van der Waals surface area contributed by atoms with Crippen LogP contribution in [0.3, 0.4) is 0 Å². The van der Waals surface area contributed by atoms with Crippen molar-refractivity contribution in [3.05, 3.63) is 11.3 Å². The molecule has 0 aliphatic heterocycles. The molecule has 0 aromatic carbocycles. The predicted molar refractivity (Wildman–Crippen MR) is 57.7 cm³/mol. The molecule has 0 aromatic heterocycles. The van der Waals surface area contributed by atoms with Crippen LogP contribution in [0.2, 0.25) is 0 Å². The number of carbonyl (C=O) groups excluding carboxylic acids is 3. The van der Waals surface area contributed by atoms with Crippen molar-refractivity contribution in [2.45, 2.75) is 27.7 Å². The molecule has 0 aliphatic carbocycles. The van der Waals surface area contributed by atoms with Crippen LogP contribution in [0.4, 0.5) is 0 Å². The van der Waals surface area contributed by atoms with Gasteiger partial charge in [0, 0.05) is 19.4 Å². The highest BCUT2D eigenvalue weighted by atomic mass is 16.6. The zero-order valence-corrected chi connectivity index (χ0v) is 10.4. The molecule has 96 valence electrons. The normalized spacial score (nSPS) is 11.3. The van der Waals surface area contributed by atoms with Gasteiger partial charge in [-0.15, -0.1) is 0 Å². The third-order valence-corrected chi connectivity index (χ3v) is 1.59. The zero-order chi connectivity index (χ0) is 13.4. The van der Waals surface area contributed by atoms with Crippen LogP contribution in [0.25, 0.3) is 0 Å². The van der Waals surface area contributed by atoms with E-state index in [9.17, 15) is 14.4 Å². The van der Waals surface area contributed by atoms with Crippen molar-refractivity contribution >= 4 is 17.9 Å². The van der Waals surface area contributed by atoms with Gasteiger partial charge in [0.1, 0.15) is 6.61 Å². The Bertz CT molecular complexity index is 342. The van der Waals surface area contributed by atoms with E-state index in [-0.39, 0.29) is 19.0 Å². The number of esters is 3. The highest BCUT2D eigenvalue weighted by Crippen LogP contribution is 2.09. The van der Waals surface area contributed by atoms with Gasteiger partial charge in [-0.1, -0.05) is 0 Å². The van der Waals surface area contributed by atoms with Gasteiger partial charge in [-0.05, 0) is 13.8 Å². The first-order valence-corrected chi connectivity index (χ1v) is 5.07. The molecular weight excluding hydrogens is 228 g/mol. The Kier molecular flexibility index (Phi) is 6.62. The van der Waals surface area contributed by atoms with Crippen molar-refractivity contribution in [1.29, 1.82) is 0 Å². The first-order chi connectivity index (χ1) is 7.88. The summed E-state index contributed by atoms with van der Waals surface area (Å²) in [5.41, 5.74) is 0.314. The monoisotopic (exact) mass is 244 g/mol. The van der Waals surface area contributed by atoms with Gasteiger partial charge < -0.3 is 14.2 Å². The van der Waals surface area contributed by atoms with Crippen LogP contribution in [0.5, 0.6) is 0 Å². The van der Waals surface area contributed by atoms with Crippen molar-refractivity contribution in [2.75, 3.05) is 13.2 Å². The van der Waals surface area contributed by atoms with Crippen LogP contribution in [-0.2, 0) is 28.6 Å². The molecule has 0 aromatic rings. The molecule has 0 heterocycles. The molecule has 0 amide bonds. The maximum absolute atomic E-state index is 11.5. The van der Waals surface area contributed by atoms with Crippen LogP contribution in [0, 0.1) is 0 Å². The Morgan fingerprint density at radius 1 is 0.941 bits per heavy atom. The van der Waals surface area contributed by atoms with Crippen molar-refractivity contribution in [3.8, 4) is 0 Å². The predicted octanol–water partition coefficient (Wildman–Crippen LogP) is 0.950. The molecule has 6 nitrogen and oxygen atoms in total. The van der Waals surface area contributed by atoms with Crippen molar-refractivity contribution in [2.24, 2.45) is 0 Å². The highest BCUT2D eigenvalue weighted by molar-refractivity contribution is 5.90. The second kappa shape index (κ2) is 7.43. The maximum atomic E-state index is 11.5. The van der Waals surface area contributed by atoms with E-state index in [1.807, 2.05) is 0 Å². The van der Waals surface area contributed by atoms with Crippen LogP contribution in [-0.4, -0.2) is 31.1 Å². The van der Waals surface area contributed by atoms with Gasteiger partial charge in [-0.25, -0.2) is 4.79 Å². The molecule has 0 aliphatic rings. The maximum Gasteiger partial charge on any atom is 0.374 e. The molecule has 0 unspecified atom stereocenters. The molecular formula is C11H16O6. The first kappa shape index (κ1) is 15.2. The Morgan fingerprint density at radius 2 is 1.53 bits per heavy atom. The van der Waals surface area contributed by atoms with Gasteiger partial charge in [0.15, 0.2) is 0 Å². The molecule has 0 saturated carbocycles. The molecule has 0 atom stereocenters.